The second-order valence-corrected chi connectivity index (χ2v) is 13.3. The molecule has 0 atom stereocenters. The van der Waals surface area contributed by atoms with Gasteiger partial charge in [0.25, 0.3) is 0 Å². The molecule has 3 aromatic carbocycles. The Bertz CT molecular complexity index is 1650. The van der Waals surface area contributed by atoms with E-state index in [0.29, 0.717) is 25.9 Å². The van der Waals surface area contributed by atoms with Gasteiger partial charge in [0, 0.05) is 40.6 Å². The number of ketones is 1. The number of benzene rings is 3. The Morgan fingerprint density at radius 3 is 2.16 bits per heavy atom. The summed E-state index contributed by atoms with van der Waals surface area (Å²) in [6.07, 6.45) is 3.45. The van der Waals surface area contributed by atoms with Crippen molar-refractivity contribution in [3.8, 4) is 22.5 Å². The molecule has 0 unspecified atom stereocenters. The first-order valence-electron chi connectivity index (χ1n) is 15.9. The fourth-order valence-electron chi connectivity index (χ4n) is 5.76. The number of carbonyl (C=O) groups excluding carboxylic acids is 2. The number of anilines is 1. The van der Waals surface area contributed by atoms with Gasteiger partial charge in [0.1, 0.15) is 5.69 Å². The second kappa shape index (κ2) is 13.5. The molecule has 0 spiro atoms. The summed E-state index contributed by atoms with van der Waals surface area (Å²) in [6.45, 7) is 9.46. The smallest absolute Gasteiger partial charge is 0.227 e. The Morgan fingerprint density at radius 1 is 0.800 bits per heavy atom. The number of nitrogens with zero attached hydrogens (tertiary/aromatic N) is 4. The van der Waals surface area contributed by atoms with Crippen LogP contribution in [0.4, 0.5) is 5.69 Å². The quantitative estimate of drug-likeness (QED) is 0.176. The van der Waals surface area contributed by atoms with Crippen LogP contribution in [0.2, 0.25) is 0 Å². The molecular formula is C37H46N6O2. The van der Waals surface area contributed by atoms with Crippen LogP contribution < -0.4 is 15.5 Å². The first-order chi connectivity index (χ1) is 21.5. The molecule has 1 amide bonds. The molecule has 0 aliphatic carbocycles. The number of aromatic nitrogens is 3. The van der Waals surface area contributed by atoms with Crippen molar-refractivity contribution in [2.75, 3.05) is 19.0 Å². The molecule has 1 aromatic heterocycles. The zero-order valence-corrected chi connectivity index (χ0v) is 27.5. The topological polar surface area (TPSA) is 92.2 Å². The third-order valence-electron chi connectivity index (χ3n) is 9.22. The molecule has 0 radical (unpaired) electrons. The molecule has 1 aliphatic rings. The van der Waals surface area contributed by atoms with Crippen LogP contribution in [0.3, 0.4) is 0 Å². The van der Waals surface area contributed by atoms with E-state index in [1.165, 1.54) is 0 Å². The molecule has 236 valence electrons. The Labute approximate surface area is 267 Å². The van der Waals surface area contributed by atoms with E-state index in [-0.39, 0.29) is 22.8 Å². The third-order valence-corrected chi connectivity index (χ3v) is 9.22. The van der Waals surface area contributed by atoms with E-state index >= 15 is 0 Å². The fraction of sp³-hybridized carbons (Fsp3) is 0.405. The van der Waals surface area contributed by atoms with Crippen molar-refractivity contribution < 1.29 is 9.59 Å². The second-order valence-electron chi connectivity index (χ2n) is 13.3. The number of amides is 1. The van der Waals surface area contributed by atoms with Crippen LogP contribution in [-0.2, 0) is 17.9 Å². The van der Waals surface area contributed by atoms with Crippen LogP contribution in [0.15, 0.2) is 72.8 Å². The lowest BCUT2D eigenvalue weighted by molar-refractivity contribution is -0.119. The number of carbonyl (C=O) groups is 2. The SMILES string of the molecule is CNC(C)(C)CCCC(=O)c1ccc(Cn2nnc3c2-c2ccccc2N(C(=O)CCC(C)(C)NC)Cc2ccccc2-3)cc1. The molecule has 8 nitrogen and oxygen atoms in total. The highest BCUT2D eigenvalue weighted by atomic mass is 16.2. The summed E-state index contributed by atoms with van der Waals surface area (Å²) in [4.78, 5) is 28.7. The first-order valence-corrected chi connectivity index (χ1v) is 15.9. The van der Waals surface area contributed by atoms with Crippen molar-refractivity contribution in [2.45, 2.75) is 84.0 Å². The van der Waals surface area contributed by atoms with Gasteiger partial charge in [-0.2, -0.15) is 0 Å². The van der Waals surface area contributed by atoms with Crippen LogP contribution >= 0.6 is 0 Å². The van der Waals surface area contributed by atoms with Crippen molar-refractivity contribution in [3.63, 3.8) is 0 Å². The van der Waals surface area contributed by atoms with Crippen LogP contribution in [-0.4, -0.2) is 51.9 Å². The number of nitrogens with one attached hydrogen (secondary N) is 2. The van der Waals surface area contributed by atoms with Gasteiger partial charge < -0.3 is 15.5 Å². The molecule has 1 aliphatic heterocycles. The summed E-state index contributed by atoms with van der Waals surface area (Å²) >= 11 is 0. The molecular weight excluding hydrogens is 560 g/mol. The fourth-order valence-corrected chi connectivity index (χ4v) is 5.76. The van der Waals surface area contributed by atoms with Crippen molar-refractivity contribution in [2.24, 2.45) is 0 Å². The number of hydrogen-bond acceptors (Lipinski definition) is 6. The van der Waals surface area contributed by atoms with Crippen LogP contribution in [0, 0.1) is 0 Å². The normalized spacial score (nSPS) is 13.0. The molecule has 45 heavy (non-hydrogen) atoms. The Morgan fingerprint density at radius 2 is 1.44 bits per heavy atom. The predicted molar refractivity (Wildman–Crippen MR) is 181 cm³/mol. The zero-order valence-electron chi connectivity index (χ0n) is 27.5. The van der Waals surface area contributed by atoms with Gasteiger partial charge in [-0.25, -0.2) is 4.68 Å². The summed E-state index contributed by atoms with van der Waals surface area (Å²) < 4.78 is 1.92. The summed E-state index contributed by atoms with van der Waals surface area (Å²) in [5.41, 5.74) is 7.08. The summed E-state index contributed by atoms with van der Waals surface area (Å²) in [7, 11) is 3.89. The molecule has 0 saturated carbocycles. The van der Waals surface area contributed by atoms with Gasteiger partial charge in [-0.3, -0.25) is 9.59 Å². The summed E-state index contributed by atoms with van der Waals surface area (Å²) in [5, 5.41) is 15.9. The van der Waals surface area contributed by atoms with E-state index in [1.54, 1.807) is 0 Å². The average Bonchev–Trinajstić information content (AvgIpc) is 3.44. The molecule has 0 saturated heterocycles. The minimum Gasteiger partial charge on any atom is -0.315 e. The number of rotatable bonds is 12. The van der Waals surface area contributed by atoms with Gasteiger partial charge in [0.15, 0.2) is 5.78 Å². The molecule has 0 fully saturated rings. The molecule has 4 aromatic rings. The van der Waals surface area contributed by atoms with Crippen LogP contribution in [0.5, 0.6) is 0 Å². The van der Waals surface area contributed by atoms with Crippen molar-refractivity contribution >= 4 is 17.4 Å². The van der Waals surface area contributed by atoms with Gasteiger partial charge in [0.2, 0.25) is 5.91 Å². The Kier molecular flexibility index (Phi) is 9.65. The summed E-state index contributed by atoms with van der Waals surface area (Å²) in [6, 6.07) is 24.0. The van der Waals surface area contributed by atoms with E-state index < -0.39 is 0 Å². The Balaban J connectivity index is 1.45. The molecule has 5 rings (SSSR count). The van der Waals surface area contributed by atoms with Crippen LogP contribution in [0.1, 0.15) is 81.3 Å². The highest BCUT2D eigenvalue weighted by molar-refractivity contribution is 6.00. The molecule has 2 heterocycles. The van der Waals surface area contributed by atoms with Gasteiger partial charge >= 0.3 is 0 Å². The lowest BCUT2D eigenvalue weighted by Gasteiger charge is -2.30. The largest absolute Gasteiger partial charge is 0.315 e. The Hall–Kier alpha value is -4.14. The predicted octanol–water partition coefficient (Wildman–Crippen LogP) is 6.64. The van der Waals surface area contributed by atoms with E-state index in [4.69, 9.17) is 5.10 Å². The van der Waals surface area contributed by atoms with Gasteiger partial charge in [-0.1, -0.05) is 71.9 Å². The summed E-state index contributed by atoms with van der Waals surface area (Å²) in [5.74, 6) is 0.241. The van der Waals surface area contributed by atoms with Gasteiger partial charge in [-0.05, 0) is 78.2 Å². The lowest BCUT2D eigenvalue weighted by atomic mass is 9.94. The van der Waals surface area contributed by atoms with E-state index in [2.05, 4.69) is 61.7 Å². The van der Waals surface area contributed by atoms with Gasteiger partial charge in [0.05, 0.1) is 24.5 Å². The van der Waals surface area contributed by atoms with Gasteiger partial charge in [-0.15, -0.1) is 5.10 Å². The average molecular weight is 607 g/mol. The zero-order chi connectivity index (χ0) is 32.2. The number of fused-ring (bicyclic) bond motifs is 5. The number of Topliss-reactive ketones (excluding diaryl/α,β-unsaturated/α-hetero) is 1. The van der Waals surface area contributed by atoms with Crippen molar-refractivity contribution in [1.82, 2.24) is 25.6 Å². The standard InChI is InChI=1S/C37H46N6O2/c1-36(2,38-5)22-11-16-32(44)27-19-17-26(18-20-27)24-43-35-30-14-9-10-15-31(30)42(33(45)21-23-37(3,4)39-6)25-28-12-7-8-13-29(28)34(35)40-41-43/h7-10,12-15,17-20,38-39H,11,16,21-25H2,1-6H3. The lowest BCUT2D eigenvalue weighted by Crippen LogP contribution is -2.39. The maximum atomic E-state index is 13.9. The number of hydrogen-bond donors (Lipinski definition) is 2. The minimum absolute atomic E-state index is 0.0197. The maximum Gasteiger partial charge on any atom is 0.227 e. The molecule has 0 bridgehead atoms. The van der Waals surface area contributed by atoms with Crippen molar-refractivity contribution in [3.05, 3.63) is 89.5 Å². The van der Waals surface area contributed by atoms with E-state index in [1.807, 2.05) is 78.3 Å². The van der Waals surface area contributed by atoms with E-state index in [0.717, 1.165) is 64.2 Å². The minimum atomic E-state index is -0.144. The highest BCUT2D eigenvalue weighted by Gasteiger charge is 2.30. The molecule has 8 heteroatoms. The highest BCUT2D eigenvalue weighted by Crippen LogP contribution is 2.41. The molecule has 2 N–H and O–H groups in total. The van der Waals surface area contributed by atoms with Crippen molar-refractivity contribution in [1.29, 1.82) is 0 Å². The monoisotopic (exact) mass is 606 g/mol. The number of para-hydroxylation sites is 1. The van der Waals surface area contributed by atoms with E-state index in [9.17, 15) is 9.59 Å². The first kappa shape index (κ1) is 32.3. The van der Waals surface area contributed by atoms with Crippen LogP contribution in [0.25, 0.3) is 22.5 Å². The maximum absolute atomic E-state index is 13.9. The third kappa shape index (κ3) is 7.40.